The van der Waals surface area contributed by atoms with Gasteiger partial charge in [0.2, 0.25) is 10.0 Å². The number of fused-ring (bicyclic) bond motifs is 1. The second kappa shape index (κ2) is 5.59. The number of benzene rings is 1. The molecule has 21 heavy (non-hydrogen) atoms. The molecule has 0 fully saturated rings. The minimum absolute atomic E-state index is 0.146. The Morgan fingerprint density at radius 1 is 1.29 bits per heavy atom. The summed E-state index contributed by atoms with van der Waals surface area (Å²) < 4.78 is 32.6. The summed E-state index contributed by atoms with van der Waals surface area (Å²) in [4.78, 5) is 4.38. The molecule has 3 aromatic rings. The summed E-state index contributed by atoms with van der Waals surface area (Å²) >= 11 is 1.19. The van der Waals surface area contributed by atoms with Gasteiger partial charge in [0.05, 0.1) is 0 Å². The van der Waals surface area contributed by atoms with Gasteiger partial charge >= 0.3 is 0 Å². The molecule has 110 valence electrons. The molecule has 0 radical (unpaired) electrons. The van der Waals surface area contributed by atoms with Crippen molar-refractivity contribution in [2.24, 2.45) is 0 Å². The fourth-order valence-corrected chi connectivity index (χ4v) is 4.08. The number of thiophene rings is 1. The van der Waals surface area contributed by atoms with Crippen LogP contribution >= 0.6 is 11.3 Å². The minimum Gasteiger partial charge on any atom is -0.440 e. The molecule has 1 unspecified atom stereocenters. The third kappa shape index (κ3) is 2.99. The summed E-state index contributed by atoms with van der Waals surface area (Å²) in [6.45, 7) is 2.12. The lowest BCUT2D eigenvalue weighted by Crippen LogP contribution is -2.27. The number of aromatic nitrogens is 1. The standard InChI is InChI=1S/C14H14N2O3S2/c1-10(9-15-21(17,18)13-7-4-8-20-13)14-16-11-5-2-3-6-12(11)19-14/h2-8,10,15H,9H2,1H3. The van der Waals surface area contributed by atoms with Crippen LogP contribution in [0.2, 0.25) is 0 Å². The number of hydrogen-bond acceptors (Lipinski definition) is 5. The van der Waals surface area contributed by atoms with Gasteiger partial charge in [-0.2, -0.15) is 0 Å². The summed E-state index contributed by atoms with van der Waals surface area (Å²) in [7, 11) is -3.45. The van der Waals surface area contributed by atoms with Crippen LogP contribution in [-0.4, -0.2) is 19.9 Å². The van der Waals surface area contributed by atoms with E-state index in [1.54, 1.807) is 17.5 Å². The van der Waals surface area contributed by atoms with Gasteiger partial charge in [-0.05, 0) is 23.6 Å². The summed E-state index contributed by atoms with van der Waals surface area (Å²) in [5.74, 6) is 0.386. The molecule has 0 saturated heterocycles. The molecule has 2 heterocycles. The van der Waals surface area contributed by atoms with Gasteiger partial charge in [-0.3, -0.25) is 0 Å². The molecule has 5 nitrogen and oxygen atoms in total. The summed E-state index contributed by atoms with van der Waals surface area (Å²) in [5.41, 5.74) is 1.49. The molecule has 2 aromatic heterocycles. The fourth-order valence-electron chi connectivity index (χ4n) is 1.91. The van der Waals surface area contributed by atoms with E-state index in [2.05, 4.69) is 9.71 Å². The Bertz CT molecular complexity index is 805. The van der Waals surface area contributed by atoms with Crippen LogP contribution < -0.4 is 4.72 Å². The van der Waals surface area contributed by atoms with Crippen LogP contribution in [0.4, 0.5) is 0 Å². The van der Waals surface area contributed by atoms with Gasteiger partial charge in [0, 0.05) is 12.5 Å². The Balaban J connectivity index is 1.73. The Labute approximate surface area is 126 Å². The predicted octanol–water partition coefficient (Wildman–Crippen LogP) is 2.97. The molecule has 0 aliphatic rings. The summed E-state index contributed by atoms with van der Waals surface area (Å²) in [6.07, 6.45) is 0. The van der Waals surface area contributed by atoms with Crippen molar-refractivity contribution in [1.29, 1.82) is 0 Å². The Morgan fingerprint density at radius 3 is 2.81 bits per heavy atom. The van der Waals surface area contributed by atoms with Crippen LogP contribution in [0.3, 0.4) is 0 Å². The highest BCUT2D eigenvalue weighted by molar-refractivity contribution is 7.91. The lowest BCUT2D eigenvalue weighted by atomic mass is 10.2. The molecule has 0 aliphatic heterocycles. The number of hydrogen-bond donors (Lipinski definition) is 1. The van der Waals surface area contributed by atoms with Crippen molar-refractivity contribution in [3.63, 3.8) is 0 Å². The van der Waals surface area contributed by atoms with Gasteiger partial charge in [0.25, 0.3) is 0 Å². The smallest absolute Gasteiger partial charge is 0.250 e. The van der Waals surface area contributed by atoms with Crippen molar-refractivity contribution in [1.82, 2.24) is 9.71 Å². The van der Waals surface area contributed by atoms with Crippen LogP contribution in [0.5, 0.6) is 0 Å². The van der Waals surface area contributed by atoms with Crippen LogP contribution in [0.15, 0.2) is 50.4 Å². The van der Waals surface area contributed by atoms with Crippen molar-refractivity contribution < 1.29 is 12.8 Å². The van der Waals surface area contributed by atoms with Gasteiger partial charge in [0.1, 0.15) is 9.73 Å². The van der Waals surface area contributed by atoms with E-state index in [1.165, 1.54) is 11.3 Å². The van der Waals surface area contributed by atoms with Crippen LogP contribution in [0.1, 0.15) is 18.7 Å². The first kappa shape index (κ1) is 14.2. The molecule has 1 aromatic carbocycles. The maximum atomic E-state index is 12.0. The van der Waals surface area contributed by atoms with E-state index in [1.807, 2.05) is 31.2 Å². The number of rotatable bonds is 5. The normalized spacial score (nSPS) is 13.6. The van der Waals surface area contributed by atoms with Gasteiger partial charge < -0.3 is 4.42 Å². The third-order valence-electron chi connectivity index (χ3n) is 3.07. The summed E-state index contributed by atoms with van der Waals surface area (Å²) in [6, 6.07) is 10.8. The molecule has 3 rings (SSSR count). The second-order valence-electron chi connectivity index (χ2n) is 4.70. The molecule has 0 spiro atoms. The Hall–Kier alpha value is -1.70. The molecule has 0 amide bonds. The largest absolute Gasteiger partial charge is 0.440 e. The van der Waals surface area contributed by atoms with Crippen molar-refractivity contribution in [3.8, 4) is 0 Å². The topological polar surface area (TPSA) is 72.2 Å². The quantitative estimate of drug-likeness (QED) is 0.784. The van der Waals surface area contributed by atoms with E-state index >= 15 is 0 Å². The molecule has 7 heteroatoms. The zero-order chi connectivity index (χ0) is 14.9. The molecule has 1 atom stereocenters. The van der Waals surface area contributed by atoms with Crippen molar-refractivity contribution in [2.45, 2.75) is 17.1 Å². The fraction of sp³-hybridized carbons (Fsp3) is 0.214. The zero-order valence-corrected chi connectivity index (χ0v) is 12.9. The van der Waals surface area contributed by atoms with E-state index in [0.717, 1.165) is 5.52 Å². The lowest BCUT2D eigenvalue weighted by molar-refractivity contribution is 0.480. The van der Waals surface area contributed by atoms with Gasteiger partial charge in [0.15, 0.2) is 11.5 Å². The van der Waals surface area contributed by atoms with E-state index in [4.69, 9.17) is 4.42 Å². The number of para-hydroxylation sites is 2. The Morgan fingerprint density at radius 2 is 2.10 bits per heavy atom. The maximum absolute atomic E-state index is 12.0. The first-order valence-electron chi connectivity index (χ1n) is 6.45. The second-order valence-corrected chi connectivity index (χ2v) is 7.65. The van der Waals surface area contributed by atoms with Crippen LogP contribution in [0.25, 0.3) is 11.1 Å². The number of sulfonamides is 1. The first-order valence-corrected chi connectivity index (χ1v) is 8.81. The molecular weight excluding hydrogens is 308 g/mol. The molecular formula is C14H14N2O3S2. The van der Waals surface area contributed by atoms with Crippen molar-refractivity contribution >= 4 is 32.5 Å². The zero-order valence-electron chi connectivity index (χ0n) is 11.3. The van der Waals surface area contributed by atoms with Gasteiger partial charge in [-0.1, -0.05) is 25.1 Å². The number of oxazole rings is 1. The molecule has 0 bridgehead atoms. The monoisotopic (exact) mass is 322 g/mol. The van der Waals surface area contributed by atoms with Crippen molar-refractivity contribution in [2.75, 3.05) is 6.54 Å². The highest BCUT2D eigenvalue weighted by Crippen LogP contribution is 2.21. The van der Waals surface area contributed by atoms with E-state index in [-0.39, 0.29) is 12.5 Å². The predicted molar refractivity (Wildman–Crippen MR) is 81.9 cm³/mol. The van der Waals surface area contributed by atoms with Gasteiger partial charge in [-0.25, -0.2) is 18.1 Å². The van der Waals surface area contributed by atoms with E-state index in [0.29, 0.717) is 15.7 Å². The average molecular weight is 322 g/mol. The summed E-state index contributed by atoms with van der Waals surface area (Å²) in [5, 5.41) is 1.73. The molecule has 1 N–H and O–H groups in total. The maximum Gasteiger partial charge on any atom is 0.250 e. The molecule has 0 aliphatic carbocycles. The highest BCUT2D eigenvalue weighted by atomic mass is 32.2. The van der Waals surface area contributed by atoms with Crippen LogP contribution in [-0.2, 0) is 10.0 Å². The average Bonchev–Trinajstić information content (AvgIpc) is 3.13. The van der Waals surface area contributed by atoms with Gasteiger partial charge in [-0.15, -0.1) is 11.3 Å². The third-order valence-corrected chi connectivity index (χ3v) is 5.89. The van der Waals surface area contributed by atoms with E-state index < -0.39 is 10.0 Å². The Kier molecular flexibility index (Phi) is 3.79. The van der Waals surface area contributed by atoms with Crippen molar-refractivity contribution in [3.05, 3.63) is 47.7 Å². The lowest BCUT2D eigenvalue weighted by Gasteiger charge is -2.08. The number of nitrogens with one attached hydrogen (secondary N) is 1. The number of nitrogens with zero attached hydrogens (tertiary/aromatic N) is 1. The van der Waals surface area contributed by atoms with E-state index in [9.17, 15) is 8.42 Å². The highest BCUT2D eigenvalue weighted by Gasteiger charge is 2.19. The molecule has 0 saturated carbocycles. The first-order chi connectivity index (χ1) is 10.1. The minimum atomic E-state index is -3.45. The SMILES string of the molecule is CC(CNS(=O)(=O)c1cccs1)c1nc2ccccc2o1. The van der Waals surface area contributed by atoms with Crippen LogP contribution in [0, 0.1) is 0 Å².